The third kappa shape index (κ3) is 9.41. The van der Waals surface area contributed by atoms with Crippen LogP contribution in [0.25, 0.3) is 0 Å². The average molecular weight is 212 g/mol. The first-order valence-electron chi connectivity index (χ1n) is 4.95. The fourth-order valence-electron chi connectivity index (χ4n) is 0.914. The number of ether oxygens (including phenoxy) is 3. The lowest BCUT2D eigenvalue weighted by atomic mass is 10.4. The van der Waals surface area contributed by atoms with Crippen molar-refractivity contribution >= 4 is 0 Å². The summed E-state index contributed by atoms with van der Waals surface area (Å²) in [5.74, 6) is 0. The van der Waals surface area contributed by atoms with Crippen molar-refractivity contribution < 1.29 is 14.2 Å². The molecule has 3 nitrogen and oxygen atoms in total. The van der Waals surface area contributed by atoms with Gasteiger partial charge in [-0.2, -0.15) is 0 Å². The molecule has 0 rings (SSSR count). The fraction of sp³-hybridized carbons (Fsp3) is 0.500. The first-order valence-corrected chi connectivity index (χ1v) is 4.95. The molecule has 0 radical (unpaired) electrons. The summed E-state index contributed by atoms with van der Waals surface area (Å²) in [6, 6.07) is 0. The van der Waals surface area contributed by atoms with Gasteiger partial charge >= 0.3 is 0 Å². The zero-order valence-electron chi connectivity index (χ0n) is 9.19. The highest BCUT2D eigenvalue weighted by Crippen LogP contribution is 1.96. The molecular weight excluding hydrogens is 192 g/mol. The van der Waals surface area contributed by atoms with E-state index >= 15 is 0 Å². The number of hydrogen-bond donors (Lipinski definition) is 0. The van der Waals surface area contributed by atoms with Gasteiger partial charge in [0.1, 0.15) is 6.10 Å². The van der Waals surface area contributed by atoms with Crippen LogP contribution in [0.3, 0.4) is 0 Å². The molecule has 0 spiro atoms. The van der Waals surface area contributed by atoms with Crippen LogP contribution >= 0.6 is 0 Å². The zero-order valence-corrected chi connectivity index (χ0v) is 9.19. The second-order valence-electron chi connectivity index (χ2n) is 2.90. The highest BCUT2D eigenvalue weighted by molar-refractivity contribution is 4.69. The first kappa shape index (κ1) is 14.1. The van der Waals surface area contributed by atoms with Crippen molar-refractivity contribution in [2.45, 2.75) is 6.10 Å². The Morgan fingerprint density at radius 1 is 0.800 bits per heavy atom. The van der Waals surface area contributed by atoms with Crippen LogP contribution in [-0.4, -0.2) is 39.1 Å². The van der Waals surface area contributed by atoms with Crippen molar-refractivity contribution in [3.8, 4) is 0 Å². The minimum absolute atomic E-state index is 0.0668. The lowest BCUT2D eigenvalue weighted by molar-refractivity contribution is -0.0428. The van der Waals surface area contributed by atoms with Gasteiger partial charge in [-0.3, -0.25) is 0 Å². The standard InChI is InChI=1S/C12H20O3/c1-4-7-13-10-12(15-9-6-3)11-14-8-5-2/h4-6,12H,1-3,7-11H2. The molecule has 0 aliphatic rings. The van der Waals surface area contributed by atoms with E-state index < -0.39 is 0 Å². The summed E-state index contributed by atoms with van der Waals surface area (Å²) in [7, 11) is 0. The van der Waals surface area contributed by atoms with Crippen LogP contribution in [0.15, 0.2) is 38.0 Å². The molecule has 0 amide bonds. The molecule has 0 aromatic heterocycles. The summed E-state index contributed by atoms with van der Waals surface area (Å²) >= 11 is 0. The molecule has 0 aromatic carbocycles. The van der Waals surface area contributed by atoms with Crippen LogP contribution in [0.1, 0.15) is 0 Å². The van der Waals surface area contributed by atoms with Gasteiger partial charge in [-0.15, -0.1) is 19.7 Å². The summed E-state index contributed by atoms with van der Waals surface area (Å²) in [5, 5.41) is 0. The Morgan fingerprint density at radius 2 is 1.27 bits per heavy atom. The lowest BCUT2D eigenvalue weighted by Crippen LogP contribution is -2.26. The molecule has 0 unspecified atom stereocenters. The van der Waals surface area contributed by atoms with Gasteiger partial charge in [0.15, 0.2) is 0 Å². The molecule has 3 heteroatoms. The molecule has 0 aromatic rings. The number of hydrogen-bond acceptors (Lipinski definition) is 3. The number of rotatable bonds is 11. The second kappa shape index (κ2) is 11.2. The molecule has 0 saturated heterocycles. The van der Waals surface area contributed by atoms with Crippen molar-refractivity contribution in [2.24, 2.45) is 0 Å². The SMILES string of the molecule is C=CCOCC(COCC=C)OCC=C. The van der Waals surface area contributed by atoms with E-state index in [4.69, 9.17) is 14.2 Å². The van der Waals surface area contributed by atoms with Crippen LogP contribution in [-0.2, 0) is 14.2 Å². The maximum Gasteiger partial charge on any atom is 0.105 e. The molecule has 0 bridgehead atoms. The van der Waals surface area contributed by atoms with E-state index in [-0.39, 0.29) is 6.10 Å². The molecule has 86 valence electrons. The zero-order chi connectivity index (χ0) is 11.4. The van der Waals surface area contributed by atoms with Crippen molar-refractivity contribution in [3.05, 3.63) is 38.0 Å². The molecule has 0 heterocycles. The van der Waals surface area contributed by atoms with E-state index in [0.29, 0.717) is 33.0 Å². The van der Waals surface area contributed by atoms with Crippen LogP contribution < -0.4 is 0 Å². The molecule has 15 heavy (non-hydrogen) atoms. The normalized spacial score (nSPS) is 10.2. The molecule has 0 saturated carbocycles. The summed E-state index contributed by atoms with van der Waals surface area (Å²) in [6.07, 6.45) is 5.04. The van der Waals surface area contributed by atoms with Gasteiger partial charge in [-0.05, 0) is 0 Å². The summed E-state index contributed by atoms with van der Waals surface area (Å²) in [6.45, 7) is 13.3. The van der Waals surface area contributed by atoms with Crippen LogP contribution in [0.2, 0.25) is 0 Å². The largest absolute Gasteiger partial charge is 0.375 e. The van der Waals surface area contributed by atoms with Crippen LogP contribution in [0, 0.1) is 0 Å². The van der Waals surface area contributed by atoms with Crippen molar-refractivity contribution in [3.63, 3.8) is 0 Å². The Balaban J connectivity index is 3.66. The van der Waals surface area contributed by atoms with E-state index in [2.05, 4.69) is 19.7 Å². The van der Waals surface area contributed by atoms with Gasteiger partial charge in [-0.1, -0.05) is 18.2 Å². The van der Waals surface area contributed by atoms with E-state index in [1.807, 2.05) is 0 Å². The van der Waals surface area contributed by atoms with Gasteiger partial charge < -0.3 is 14.2 Å². The molecule has 0 atom stereocenters. The van der Waals surface area contributed by atoms with Gasteiger partial charge in [0.05, 0.1) is 33.0 Å². The fourth-order valence-corrected chi connectivity index (χ4v) is 0.914. The topological polar surface area (TPSA) is 27.7 Å². The van der Waals surface area contributed by atoms with E-state index in [1.165, 1.54) is 0 Å². The van der Waals surface area contributed by atoms with Gasteiger partial charge in [0, 0.05) is 0 Å². The van der Waals surface area contributed by atoms with Gasteiger partial charge in [0.2, 0.25) is 0 Å². The average Bonchev–Trinajstić information content (AvgIpc) is 2.25. The summed E-state index contributed by atoms with van der Waals surface area (Å²) in [5.41, 5.74) is 0. The van der Waals surface area contributed by atoms with E-state index in [9.17, 15) is 0 Å². The Morgan fingerprint density at radius 3 is 1.67 bits per heavy atom. The molecular formula is C12H20O3. The quantitative estimate of drug-likeness (QED) is 0.387. The Bertz CT molecular complexity index is 164. The minimum atomic E-state index is -0.0668. The molecule has 0 fully saturated rings. The smallest absolute Gasteiger partial charge is 0.105 e. The molecule has 0 N–H and O–H groups in total. The third-order valence-electron chi connectivity index (χ3n) is 1.53. The maximum absolute atomic E-state index is 5.45. The van der Waals surface area contributed by atoms with Crippen molar-refractivity contribution in [1.82, 2.24) is 0 Å². The summed E-state index contributed by atoms with van der Waals surface area (Å²) < 4.78 is 16.0. The lowest BCUT2D eigenvalue weighted by Gasteiger charge is -2.16. The van der Waals surface area contributed by atoms with E-state index in [0.717, 1.165) is 0 Å². The third-order valence-corrected chi connectivity index (χ3v) is 1.53. The molecule has 0 aliphatic heterocycles. The second-order valence-corrected chi connectivity index (χ2v) is 2.90. The Hall–Kier alpha value is -0.900. The van der Waals surface area contributed by atoms with Gasteiger partial charge in [0.25, 0.3) is 0 Å². The van der Waals surface area contributed by atoms with E-state index in [1.54, 1.807) is 18.2 Å². The van der Waals surface area contributed by atoms with Crippen LogP contribution in [0.5, 0.6) is 0 Å². The predicted octanol–water partition coefficient (Wildman–Crippen LogP) is 1.96. The highest BCUT2D eigenvalue weighted by atomic mass is 16.6. The van der Waals surface area contributed by atoms with Crippen molar-refractivity contribution in [1.29, 1.82) is 0 Å². The monoisotopic (exact) mass is 212 g/mol. The Kier molecular flexibility index (Phi) is 10.5. The van der Waals surface area contributed by atoms with Crippen molar-refractivity contribution in [2.75, 3.05) is 33.0 Å². The Labute approximate surface area is 92.0 Å². The first-order chi connectivity index (χ1) is 7.35. The van der Waals surface area contributed by atoms with Gasteiger partial charge in [-0.25, -0.2) is 0 Å². The van der Waals surface area contributed by atoms with Crippen LogP contribution in [0.4, 0.5) is 0 Å². The predicted molar refractivity (Wildman–Crippen MR) is 62.0 cm³/mol. The maximum atomic E-state index is 5.45. The minimum Gasteiger partial charge on any atom is -0.375 e. The summed E-state index contributed by atoms with van der Waals surface area (Å²) in [4.78, 5) is 0. The highest BCUT2D eigenvalue weighted by Gasteiger charge is 2.08. The molecule has 0 aliphatic carbocycles.